The van der Waals surface area contributed by atoms with Gasteiger partial charge in [-0.15, -0.1) is 12.6 Å². The Morgan fingerprint density at radius 2 is 2.10 bits per heavy atom. The molecule has 3 nitrogen and oxygen atoms in total. The van der Waals surface area contributed by atoms with Crippen molar-refractivity contribution < 1.29 is 14.0 Å². The molecule has 0 bridgehead atoms. The van der Waals surface area contributed by atoms with E-state index in [1.807, 2.05) is 0 Å². The molecular formula is C6H4O3S. The van der Waals surface area contributed by atoms with Gasteiger partial charge in [-0.25, -0.2) is 0 Å². The Morgan fingerprint density at radius 1 is 1.40 bits per heavy atom. The lowest BCUT2D eigenvalue weighted by atomic mass is 10.3. The van der Waals surface area contributed by atoms with E-state index < -0.39 is 0 Å². The van der Waals surface area contributed by atoms with Crippen LogP contribution in [-0.2, 0) is 0 Å². The summed E-state index contributed by atoms with van der Waals surface area (Å²) in [4.78, 5) is 20.3. The Labute approximate surface area is 62.4 Å². The number of furan rings is 1. The highest BCUT2D eigenvalue weighted by Crippen LogP contribution is 2.14. The predicted molar refractivity (Wildman–Crippen MR) is 36.7 cm³/mol. The van der Waals surface area contributed by atoms with E-state index in [-0.39, 0.29) is 16.4 Å². The summed E-state index contributed by atoms with van der Waals surface area (Å²) in [7, 11) is 0. The van der Waals surface area contributed by atoms with Crippen LogP contribution in [0.15, 0.2) is 15.6 Å². The molecular weight excluding hydrogens is 152 g/mol. The maximum atomic E-state index is 10.1. The van der Waals surface area contributed by atoms with Gasteiger partial charge in [-0.3, -0.25) is 9.59 Å². The van der Waals surface area contributed by atoms with Gasteiger partial charge in [0, 0.05) is 6.07 Å². The van der Waals surface area contributed by atoms with E-state index in [2.05, 4.69) is 12.6 Å². The molecule has 1 aromatic rings. The van der Waals surface area contributed by atoms with Crippen LogP contribution in [0, 0.1) is 0 Å². The molecule has 1 heterocycles. The fraction of sp³-hybridized carbons (Fsp3) is 0. The van der Waals surface area contributed by atoms with Crippen LogP contribution in [0.25, 0.3) is 0 Å². The molecule has 4 heteroatoms. The van der Waals surface area contributed by atoms with Crippen molar-refractivity contribution in [1.82, 2.24) is 0 Å². The lowest BCUT2D eigenvalue weighted by Gasteiger charge is -1.78. The van der Waals surface area contributed by atoms with Crippen LogP contribution >= 0.6 is 12.6 Å². The molecule has 1 aromatic heterocycles. The average Bonchev–Trinajstić information content (AvgIpc) is 2.30. The van der Waals surface area contributed by atoms with Gasteiger partial charge in [-0.05, 0) is 0 Å². The van der Waals surface area contributed by atoms with Crippen molar-refractivity contribution in [3.63, 3.8) is 0 Å². The quantitative estimate of drug-likeness (QED) is 0.517. The van der Waals surface area contributed by atoms with Gasteiger partial charge in [0.2, 0.25) is 0 Å². The number of hydrogen-bond donors (Lipinski definition) is 1. The standard InChI is InChI=1S/C6H4O3S/c7-2-4-1-6(10)9-5(4)3-8/h1-3,10H. The molecule has 52 valence electrons. The third kappa shape index (κ3) is 1.11. The Morgan fingerprint density at radius 3 is 2.50 bits per heavy atom. The van der Waals surface area contributed by atoms with E-state index in [1.54, 1.807) is 0 Å². The summed E-state index contributed by atoms with van der Waals surface area (Å²) in [6, 6.07) is 1.39. The van der Waals surface area contributed by atoms with Crippen molar-refractivity contribution in [2.45, 2.75) is 5.09 Å². The van der Waals surface area contributed by atoms with Crippen LogP contribution in [0.1, 0.15) is 20.9 Å². The van der Waals surface area contributed by atoms with Gasteiger partial charge < -0.3 is 4.42 Å². The fourth-order valence-corrected chi connectivity index (χ4v) is 0.827. The zero-order valence-electron chi connectivity index (χ0n) is 4.90. The highest BCUT2D eigenvalue weighted by Gasteiger charge is 2.05. The third-order valence-corrected chi connectivity index (χ3v) is 1.23. The number of carbonyl (C=O) groups is 2. The average molecular weight is 156 g/mol. The Kier molecular flexibility index (Phi) is 1.91. The molecule has 0 aliphatic heterocycles. The first kappa shape index (κ1) is 7.08. The molecule has 0 aliphatic rings. The van der Waals surface area contributed by atoms with Crippen LogP contribution in [0.3, 0.4) is 0 Å². The van der Waals surface area contributed by atoms with Crippen LogP contribution < -0.4 is 0 Å². The topological polar surface area (TPSA) is 47.3 Å². The summed E-state index contributed by atoms with van der Waals surface area (Å²) in [6.45, 7) is 0. The molecule has 0 N–H and O–H groups in total. The molecule has 0 fully saturated rings. The van der Waals surface area contributed by atoms with Crippen molar-refractivity contribution in [2.75, 3.05) is 0 Å². The number of hydrogen-bond acceptors (Lipinski definition) is 4. The molecule has 0 spiro atoms. The summed E-state index contributed by atoms with van der Waals surface area (Å²) >= 11 is 3.80. The van der Waals surface area contributed by atoms with E-state index in [4.69, 9.17) is 4.42 Å². The van der Waals surface area contributed by atoms with E-state index in [1.165, 1.54) is 6.07 Å². The summed E-state index contributed by atoms with van der Waals surface area (Å²) in [5.41, 5.74) is 0.236. The molecule has 0 saturated heterocycles. The molecule has 0 amide bonds. The van der Waals surface area contributed by atoms with Crippen molar-refractivity contribution in [1.29, 1.82) is 0 Å². The van der Waals surface area contributed by atoms with Gasteiger partial charge in [-0.1, -0.05) is 0 Å². The monoisotopic (exact) mass is 156 g/mol. The normalized spacial score (nSPS) is 9.30. The Bertz CT molecular complexity index is 238. The van der Waals surface area contributed by atoms with Crippen molar-refractivity contribution in [2.24, 2.45) is 0 Å². The van der Waals surface area contributed by atoms with Crippen molar-refractivity contribution in [3.8, 4) is 0 Å². The third-order valence-electron chi connectivity index (χ3n) is 1.01. The van der Waals surface area contributed by atoms with E-state index in [9.17, 15) is 9.59 Å². The Hall–Kier alpha value is -1.03. The summed E-state index contributed by atoms with van der Waals surface area (Å²) in [5.74, 6) is 0.0278. The highest BCUT2D eigenvalue weighted by atomic mass is 32.1. The fourth-order valence-electron chi connectivity index (χ4n) is 0.589. The van der Waals surface area contributed by atoms with Gasteiger partial charge >= 0.3 is 0 Å². The van der Waals surface area contributed by atoms with E-state index in [0.29, 0.717) is 12.6 Å². The van der Waals surface area contributed by atoms with Gasteiger partial charge in [0.25, 0.3) is 0 Å². The first-order valence-electron chi connectivity index (χ1n) is 2.51. The van der Waals surface area contributed by atoms with Gasteiger partial charge in [0.1, 0.15) is 0 Å². The summed E-state index contributed by atoms with van der Waals surface area (Å²) in [6.07, 6.45) is 1.02. The molecule has 0 saturated carbocycles. The minimum atomic E-state index is 0.0278. The van der Waals surface area contributed by atoms with Crippen LogP contribution in [0.2, 0.25) is 0 Å². The molecule has 0 radical (unpaired) electrons. The molecule has 0 atom stereocenters. The Balaban J connectivity index is 3.20. The first-order valence-corrected chi connectivity index (χ1v) is 2.96. The number of carbonyl (C=O) groups excluding carboxylic acids is 2. The zero-order valence-corrected chi connectivity index (χ0v) is 5.80. The lowest BCUT2D eigenvalue weighted by Crippen LogP contribution is -1.81. The molecule has 0 unspecified atom stereocenters. The second-order valence-electron chi connectivity index (χ2n) is 1.64. The van der Waals surface area contributed by atoms with Crippen molar-refractivity contribution >= 4 is 25.2 Å². The van der Waals surface area contributed by atoms with E-state index in [0.717, 1.165) is 0 Å². The van der Waals surface area contributed by atoms with Crippen LogP contribution in [0.4, 0.5) is 0 Å². The largest absolute Gasteiger partial charge is 0.447 e. The van der Waals surface area contributed by atoms with E-state index >= 15 is 0 Å². The number of thiol groups is 1. The van der Waals surface area contributed by atoms with Crippen molar-refractivity contribution in [3.05, 3.63) is 17.4 Å². The van der Waals surface area contributed by atoms with Gasteiger partial charge in [0.15, 0.2) is 23.4 Å². The lowest BCUT2D eigenvalue weighted by molar-refractivity contribution is 0.107. The first-order chi connectivity index (χ1) is 4.77. The maximum absolute atomic E-state index is 10.1. The van der Waals surface area contributed by atoms with Crippen LogP contribution in [0.5, 0.6) is 0 Å². The predicted octanol–water partition coefficient (Wildman–Crippen LogP) is 1.19. The smallest absolute Gasteiger partial charge is 0.186 e. The van der Waals surface area contributed by atoms with Gasteiger partial charge in [0.05, 0.1) is 5.56 Å². The number of rotatable bonds is 2. The summed E-state index contributed by atoms with van der Waals surface area (Å²) < 4.78 is 4.72. The zero-order chi connectivity index (χ0) is 7.56. The highest BCUT2D eigenvalue weighted by molar-refractivity contribution is 7.80. The summed E-state index contributed by atoms with van der Waals surface area (Å²) in [5, 5.41) is 0.268. The second-order valence-corrected chi connectivity index (χ2v) is 2.08. The van der Waals surface area contributed by atoms with Crippen LogP contribution in [-0.4, -0.2) is 12.6 Å². The maximum Gasteiger partial charge on any atom is 0.186 e. The molecule has 10 heavy (non-hydrogen) atoms. The molecule has 0 aromatic carbocycles. The minimum Gasteiger partial charge on any atom is -0.447 e. The van der Waals surface area contributed by atoms with Gasteiger partial charge in [-0.2, -0.15) is 0 Å². The number of aldehydes is 2. The minimum absolute atomic E-state index is 0.0278. The SMILES string of the molecule is O=Cc1cc(S)oc1C=O. The molecule has 1 rings (SSSR count). The second kappa shape index (κ2) is 2.70. The molecule has 0 aliphatic carbocycles.